The fourth-order valence-electron chi connectivity index (χ4n) is 8.45. The number of hydrogen-bond donors (Lipinski definition) is 5. The van der Waals surface area contributed by atoms with E-state index in [4.69, 9.17) is 55.0 Å². The van der Waals surface area contributed by atoms with Crippen molar-refractivity contribution in [1.29, 1.82) is 0 Å². The van der Waals surface area contributed by atoms with Gasteiger partial charge in [0.2, 0.25) is 29.5 Å². The first-order valence-corrected chi connectivity index (χ1v) is 23.7. The Morgan fingerprint density at radius 2 is 1.08 bits per heavy atom. The number of aromatic nitrogens is 2. The van der Waals surface area contributed by atoms with E-state index in [9.17, 15) is 45.5 Å². The molecule has 2 saturated carbocycles. The highest BCUT2D eigenvalue weighted by molar-refractivity contribution is 6.32. The molecule has 2 aromatic heterocycles. The van der Waals surface area contributed by atoms with Crippen molar-refractivity contribution in [3.05, 3.63) is 116 Å². The monoisotopic (exact) mass is 1070 g/mol. The van der Waals surface area contributed by atoms with Crippen LogP contribution in [0.2, 0.25) is 10.0 Å². The van der Waals surface area contributed by atoms with Crippen molar-refractivity contribution in [3.8, 4) is 11.8 Å². The largest absolute Gasteiger partial charge is 0.481 e. The molecule has 3 amide bonds. The van der Waals surface area contributed by atoms with Crippen LogP contribution in [0.4, 0.5) is 26.3 Å². The van der Waals surface area contributed by atoms with Crippen molar-refractivity contribution >= 4 is 46.9 Å². The lowest BCUT2D eigenvalue weighted by Crippen LogP contribution is -2.42. The number of rotatable bonds is 21. The van der Waals surface area contributed by atoms with Crippen molar-refractivity contribution in [2.45, 2.75) is 87.6 Å². The molecule has 23 heteroatoms. The molecule has 2 heterocycles. The molecule has 2 aliphatic carbocycles. The number of carboxylic acids is 1. The number of primary amides is 2. The molecule has 0 saturated heterocycles. The average molecular weight is 1070 g/mol. The van der Waals surface area contributed by atoms with Gasteiger partial charge < -0.3 is 46.9 Å². The standard InChI is InChI=1S/C25H30ClF3N4O3.C13H14F3NO3.C12H18ClN3O/c1-33(2)18(10-15-4-5-16(23(30)35)11-20(15)26)14-31-21(34)12-19(24(8-9-24)25(27,28)29)17-6-7-22(36-3)32-13-17;1-20-10-3-2-8(7-17-10)9(6-11(18)19)12(4-5-12)13(14,15)16;1-16(2)10(7-14)5-8-3-4-9(12(15)17)6-11(8)13/h4-7,11,13,18-19H,8-10,12,14H2,1-3H3,(H2,30,35)(H,31,34);2-3,7,9H,4-6H2,1H3,(H,18,19);3-4,6,10H,5,7,14H2,1-2H3,(H2,15,17)/t18-,19?;;10-/m0.0/s1. The lowest BCUT2D eigenvalue weighted by molar-refractivity contribution is -0.196. The van der Waals surface area contributed by atoms with Crippen LogP contribution < -0.4 is 32.0 Å². The van der Waals surface area contributed by atoms with Crippen LogP contribution in [0.25, 0.3) is 0 Å². The van der Waals surface area contributed by atoms with E-state index >= 15 is 0 Å². The number of nitrogens with zero attached hydrogens (tertiary/aromatic N) is 4. The molecule has 8 N–H and O–H groups in total. The maximum absolute atomic E-state index is 14.0. The number of methoxy groups -OCH3 is 2. The van der Waals surface area contributed by atoms with Crippen LogP contribution in [0.15, 0.2) is 73.1 Å². The molecule has 0 radical (unpaired) electrons. The van der Waals surface area contributed by atoms with Gasteiger partial charge in [0.1, 0.15) is 0 Å². The minimum atomic E-state index is -4.43. The van der Waals surface area contributed by atoms with Crippen molar-refractivity contribution in [2.24, 2.45) is 28.0 Å². The van der Waals surface area contributed by atoms with E-state index in [-0.39, 0.29) is 73.6 Å². The van der Waals surface area contributed by atoms with E-state index in [1.54, 1.807) is 24.3 Å². The van der Waals surface area contributed by atoms with Crippen molar-refractivity contribution < 1.29 is 60.1 Å². The van der Waals surface area contributed by atoms with Crippen LogP contribution in [-0.4, -0.2) is 129 Å². The predicted molar refractivity (Wildman–Crippen MR) is 264 cm³/mol. The number of carbonyl (C=O) groups excluding carboxylic acids is 3. The Morgan fingerprint density at radius 3 is 1.37 bits per heavy atom. The number of halogens is 8. The summed E-state index contributed by atoms with van der Waals surface area (Å²) in [4.78, 5) is 58.0. The second-order valence-electron chi connectivity index (χ2n) is 18.5. The number of likely N-dealkylation sites (N-methyl/N-ethyl adjacent to an activating group) is 2. The summed E-state index contributed by atoms with van der Waals surface area (Å²) in [6.45, 7) is 0.757. The number of ether oxygens (including phenoxy) is 2. The highest BCUT2D eigenvalue weighted by Gasteiger charge is 2.68. The molecular weight excluding hydrogens is 1010 g/mol. The molecule has 0 aliphatic heterocycles. The third-order valence-corrected chi connectivity index (χ3v) is 14.1. The average Bonchev–Trinajstić information content (AvgIpc) is 4.27. The van der Waals surface area contributed by atoms with E-state index < -0.39 is 65.1 Å². The van der Waals surface area contributed by atoms with Gasteiger partial charge in [-0.15, -0.1) is 0 Å². The Bertz CT molecular complexity index is 2510. The molecule has 4 atom stereocenters. The Balaban J connectivity index is 0.000000262. The molecule has 2 aliphatic rings. The van der Waals surface area contributed by atoms with Crippen LogP contribution >= 0.6 is 23.2 Å². The highest BCUT2D eigenvalue weighted by Crippen LogP contribution is 2.67. The first-order valence-electron chi connectivity index (χ1n) is 22.9. The summed E-state index contributed by atoms with van der Waals surface area (Å²) in [6, 6.07) is 15.9. The maximum atomic E-state index is 14.0. The van der Waals surface area contributed by atoms with Crippen LogP contribution in [0.5, 0.6) is 11.8 Å². The second-order valence-corrected chi connectivity index (χ2v) is 19.3. The van der Waals surface area contributed by atoms with Gasteiger partial charge in [-0.1, -0.05) is 47.5 Å². The van der Waals surface area contributed by atoms with Gasteiger partial charge in [0.25, 0.3) is 0 Å². The Labute approximate surface area is 430 Å². The summed E-state index contributed by atoms with van der Waals surface area (Å²) in [5.74, 6) is -4.39. The minimum absolute atomic E-state index is 0.0272. The maximum Gasteiger partial charge on any atom is 0.395 e. The first-order chi connectivity index (χ1) is 34.1. The highest BCUT2D eigenvalue weighted by atomic mass is 35.5. The third-order valence-electron chi connectivity index (χ3n) is 13.4. The minimum Gasteiger partial charge on any atom is -0.481 e. The molecule has 73 heavy (non-hydrogen) atoms. The molecule has 0 bridgehead atoms. The molecular formula is C50H62Cl2F6N8O7. The van der Waals surface area contributed by atoms with Crippen molar-refractivity contribution in [1.82, 2.24) is 25.1 Å². The van der Waals surface area contributed by atoms with Crippen LogP contribution in [0, 0.1) is 10.8 Å². The van der Waals surface area contributed by atoms with Crippen molar-refractivity contribution in [2.75, 3.05) is 55.5 Å². The quantitative estimate of drug-likeness (QED) is 0.0504. The number of aliphatic carboxylic acids is 1. The summed E-state index contributed by atoms with van der Waals surface area (Å²) < 4.78 is 91.4. The number of nitrogens with two attached hydrogens (primary N) is 3. The van der Waals surface area contributed by atoms with Gasteiger partial charge in [0, 0.05) is 89.1 Å². The number of carboxylic acid groups (broad SMARTS) is 1. The van der Waals surface area contributed by atoms with E-state index in [0.717, 1.165) is 17.5 Å². The van der Waals surface area contributed by atoms with Crippen molar-refractivity contribution in [3.63, 3.8) is 0 Å². The smallest absolute Gasteiger partial charge is 0.395 e. The molecule has 2 fully saturated rings. The Kier molecular flexibility index (Phi) is 20.9. The lowest BCUT2D eigenvalue weighted by atomic mass is 9.80. The molecule has 2 aromatic carbocycles. The third kappa shape index (κ3) is 15.9. The lowest BCUT2D eigenvalue weighted by Gasteiger charge is -2.30. The van der Waals surface area contributed by atoms with Crippen LogP contribution in [0.3, 0.4) is 0 Å². The number of benzene rings is 2. The van der Waals surface area contributed by atoms with Gasteiger partial charge in [-0.05, 0) is 113 Å². The van der Waals surface area contributed by atoms with Gasteiger partial charge in [0.05, 0.1) is 31.5 Å². The van der Waals surface area contributed by atoms with Gasteiger partial charge in [-0.2, -0.15) is 26.3 Å². The fourth-order valence-corrected chi connectivity index (χ4v) is 8.96. The summed E-state index contributed by atoms with van der Waals surface area (Å²) in [5, 5.41) is 12.6. The molecule has 0 spiro atoms. The summed E-state index contributed by atoms with van der Waals surface area (Å²) in [7, 11) is 10.4. The van der Waals surface area contributed by atoms with E-state index in [1.807, 2.05) is 39.2 Å². The van der Waals surface area contributed by atoms with Crippen LogP contribution in [-0.2, 0) is 22.4 Å². The summed E-state index contributed by atoms with van der Waals surface area (Å²) in [5.41, 5.74) is 15.4. The van der Waals surface area contributed by atoms with Gasteiger partial charge >= 0.3 is 18.3 Å². The predicted octanol–water partition coefficient (Wildman–Crippen LogP) is 7.81. The van der Waals surface area contributed by atoms with E-state index in [2.05, 4.69) is 20.2 Å². The molecule has 400 valence electrons. The normalized spacial score (nSPS) is 16.1. The zero-order valence-corrected chi connectivity index (χ0v) is 42.8. The molecule has 15 nitrogen and oxygen atoms in total. The van der Waals surface area contributed by atoms with Crippen LogP contribution in [0.1, 0.15) is 93.3 Å². The second kappa shape index (κ2) is 25.5. The summed E-state index contributed by atoms with van der Waals surface area (Å²) in [6.07, 6.45) is -6.05. The van der Waals surface area contributed by atoms with Gasteiger partial charge in [-0.3, -0.25) is 19.2 Å². The Hall–Kier alpha value is -5.74. The number of hydrogen-bond acceptors (Lipinski definition) is 11. The number of alkyl halides is 6. The molecule has 4 aromatic rings. The zero-order chi connectivity index (χ0) is 54.6. The fraction of sp³-hybridized carbons (Fsp3) is 0.480. The molecule has 2 unspecified atom stereocenters. The topological polar surface area (TPSA) is 229 Å². The number of nitrogens with one attached hydrogen (secondary N) is 1. The molecule has 6 rings (SSSR count). The van der Waals surface area contributed by atoms with E-state index in [0.29, 0.717) is 34.1 Å². The summed E-state index contributed by atoms with van der Waals surface area (Å²) >= 11 is 12.4. The zero-order valence-electron chi connectivity index (χ0n) is 41.2. The number of pyridine rings is 2. The Morgan fingerprint density at radius 1 is 0.685 bits per heavy atom. The SMILES string of the molecule is CN(C)[C@H](CN)Cc1ccc(C(N)=O)cc1Cl.COc1ccc(C(CC(=O)NC[C@H](Cc2ccc(C(N)=O)cc2Cl)N(C)C)C2(C(F)(F)F)CC2)cn1.COc1ccc(C(CC(=O)O)C2(C(F)(F)F)CC2)cn1. The van der Waals surface area contributed by atoms with E-state index in [1.165, 1.54) is 56.9 Å². The number of carbonyl (C=O) groups is 4. The first kappa shape index (κ1) is 59.8. The number of amides is 3. The van der Waals surface area contributed by atoms with Gasteiger partial charge in [-0.25, -0.2) is 9.97 Å². The van der Waals surface area contributed by atoms with Gasteiger partial charge in [0.15, 0.2) is 0 Å².